The standard InChI is InChI=1S/C80H154NO8P/c1-6-8-10-12-14-16-18-20-22-24-26-28-30-32-34-36-38-40-42-44-46-48-50-52-54-56-58-60-62-64-66-68-70-72-79(82)86-76-78(77-88-90(84,85)87-75-74-81(3,4)5)89-80(83)73-71-69-67-65-63-61-59-57-55-53-51-49-47-45-43-41-39-37-35-33-31-29-27-25-23-21-19-17-15-13-11-9-7-2/h19,21,25,27,31,33,78H,6-18,20,22-24,26,28-30,32,34-77H2,1-5H3/b21-19-,27-25-,33-31-. The molecule has 0 aliphatic heterocycles. The minimum Gasteiger partial charge on any atom is -0.756 e. The molecule has 2 unspecified atom stereocenters. The second kappa shape index (κ2) is 71.5. The number of nitrogens with zero attached hydrogens (tertiary/aromatic N) is 1. The summed E-state index contributed by atoms with van der Waals surface area (Å²) in [5.41, 5.74) is 0. The van der Waals surface area contributed by atoms with Gasteiger partial charge in [0.1, 0.15) is 19.8 Å². The van der Waals surface area contributed by atoms with Gasteiger partial charge in [-0.2, -0.15) is 0 Å². The lowest BCUT2D eigenvalue weighted by molar-refractivity contribution is -0.870. The molecule has 0 aliphatic rings. The fourth-order valence-electron chi connectivity index (χ4n) is 12.1. The minimum absolute atomic E-state index is 0.0275. The molecule has 0 heterocycles. The highest BCUT2D eigenvalue weighted by Gasteiger charge is 2.22. The predicted molar refractivity (Wildman–Crippen MR) is 388 cm³/mol. The van der Waals surface area contributed by atoms with Crippen LogP contribution >= 0.6 is 7.82 Å². The molecule has 0 aliphatic carbocycles. The summed E-state index contributed by atoms with van der Waals surface area (Å²) in [5, 5.41) is 0. The summed E-state index contributed by atoms with van der Waals surface area (Å²) >= 11 is 0. The summed E-state index contributed by atoms with van der Waals surface area (Å²) in [5.74, 6) is -0.808. The van der Waals surface area contributed by atoms with Crippen LogP contribution in [0.15, 0.2) is 36.5 Å². The Kier molecular flexibility index (Phi) is 70.1. The number of phosphoric ester groups is 1. The number of quaternary nitrogens is 1. The van der Waals surface area contributed by atoms with E-state index in [0.717, 1.165) is 44.9 Å². The van der Waals surface area contributed by atoms with Crippen LogP contribution in [0.2, 0.25) is 0 Å². The average Bonchev–Trinajstić information content (AvgIpc) is 3.58. The molecule has 10 heteroatoms. The zero-order chi connectivity index (χ0) is 65.5. The van der Waals surface area contributed by atoms with Crippen molar-refractivity contribution in [3.63, 3.8) is 0 Å². The van der Waals surface area contributed by atoms with Crippen LogP contribution in [0.25, 0.3) is 0 Å². The Morgan fingerprint density at radius 3 is 0.889 bits per heavy atom. The monoisotopic (exact) mass is 1290 g/mol. The second-order valence-corrected chi connectivity index (χ2v) is 29.9. The molecule has 0 spiro atoms. The quantitative estimate of drug-likeness (QED) is 0.0195. The third kappa shape index (κ3) is 75.3. The normalized spacial score (nSPS) is 13.2. The van der Waals surface area contributed by atoms with Crippen LogP contribution in [-0.4, -0.2) is 70.0 Å². The lowest BCUT2D eigenvalue weighted by Gasteiger charge is -2.28. The smallest absolute Gasteiger partial charge is 0.306 e. The summed E-state index contributed by atoms with van der Waals surface area (Å²) in [6.45, 7) is 4.31. The highest BCUT2D eigenvalue weighted by molar-refractivity contribution is 7.45. The number of likely N-dealkylation sites (N-methyl/N-ethyl adjacent to an activating group) is 1. The van der Waals surface area contributed by atoms with E-state index in [1.54, 1.807) is 0 Å². The molecule has 0 rings (SSSR count). The van der Waals surface area contributed by atoms with Crippen molar-refractivity contribution >= 4 is 19.8 Å². The number of rotatable bonds is 75. The lowest BCUT2D eigenvalue weighted by Crippen LogP contribution is -2.37. The highest BCUT2D eigenvalue weighted by atomic mass is 31.2. The first-order valence-electron chi connectivity index (χ1n) is 39.7. The fraction of sp³-hybridized carbons (Fsp3) is 0.900. The Morgan fingerprint density at radius 1 is 0.344 bits per heavy atom. The van der Waals surface area contributed by atoms with E-state index in [0.29, 0.717) is 17.4 Å². The first kappa shape index (κ1) is 88.2. The number of carbonyl (C=O) groups is 2. The lowest BCUT2D eigenvalue weighted by atomic mass is 10.0. The van der Waals surface area contributed by atoms with Gasteiger partial charge in [-0.3, -0.25) is 14.2 Å². The third-order valence-corrected chi connectivity index (χ3v) is 19.1. The van der Waals surface area contributed by atoms with Crippen molar-refractivity contribution in [2.45, 2.75) is 418 Å². The van der Waals surface area contributed by atoms with E-state index in [-0.39, 0.29) is 32.0 Å². The van der Waals surface area contributed by atoms with Gasteiger partial charge in [0.15, 0.2) is 6.10 Å². The molecule has 0 aromatic rings. The third-order valence-electron chi connectivity index (χ3n) is 18.2. The Morgan fingerprint density at radius 2 is 0.600 bits per heavy atom. The Hall–Kier alpha value is -1.77. The van der Waals surface area contributed by atoms with Crippen LogP contribution in [0.1, 0.15) is 412 Å². The van der Waals surface area contributed by atoms with Crippen molar-refractivity contribution in [1.29, 1.82) is 0 Å². The number of unbranched alkanes of at least 4 members (excludes halogenated alkanes) is 55. The first-order chi connectivity index (χ1) is 44.0. The molecule has 0 radical (unpaired) electrons. The molecule has 0 amide bonds. The summed E-state index contributed by atoms with van der Waals surface area (Å²) in [4.78, 5) is 38.2. The van der Waals surface area contributed by atoms with Crippen LogP contribution in [-0.2, 0) is 32.7 Å². The number of esters is 2. The highest BCUT2D eigenvalue weighted by Crippen LogP contribution is 2.38. The molecule has 0 aromatic carbocycles. The Balaban J connectivity index is 3.92. The number of phosphoric acid groups is 1. The van der Waals surface area contributed by atoms with Gasteiger partial charge in [-0.25, -0.2) is 0 Å². The number of hydrogen-bond donors (Lipinski definition) is 0. The van der Waals surface area contributed by atoms with Crippen LogP contribution in [0.4, 0.5) is 0 Å². The van der Waals surface area contributed by atoms with E-state index >= 15 is 0 Å². The molecule has 0 saturated carbocycles. The zero-order valence-corrected chi connectivity index (χ0v) is 61.8. The van der Waals surface area contributed by atoms with Gasteiger partial charge in [0, 0.05) is 12.8 Å². The van der Waals surface area contributed by atoms with Gasteiger partial charge in [0.25, 0.3) is 7.82 Å². The van der Waals surface area contributed by atoms with E-state index in [1.165, 1.54) is 334 Å². The molecule has 0 N–H and O–H groups in total. The van der Waals surface area contributed by atoms with Gasteiger partial charge in [-0.05, 0) is 51.4 Å². The maximum atomic E-state index is 12.9. The van der Waals surface area contributed by atoms with E-state index in [4.69, 9.17) is 18.5 Å². The minimum atomic E-state index is -4.64. The van der Waals surface area contributed by atoms with E-state index in [1.807, 2.05) is 21.1 Å². The molecule has 532 valence electrons. The number of allylic oxidation sites excluding steroid dienone is 6. The van der Waals surface area contributed by atoms with Gasteiger partial charge in [0.05, 0.1) is 27.7 Å². The summed E-state index contributed by atoms with van der Waals surface area (Å²) < 4.78 is 34.4. The Bertz CT molecular complexity index is 1610. The van der Waals surface area contributed by atoms with Crippen molar-refractivity contribution < 1.29 is 42.1 Å². The van der Waals surface area contributed by atoms with Gasteiger partial charge >= 0.3 is 11.9 Å². The van der Waals surface area contributed by atoms with Gasteiger partial charge < -0.3 is 27.9 Å². The van der Waals surface area contributed by atoms with E-state index in [9.17, 15) is 19.0 Å². The Labute approximate surface area is 561 Å². The van der Waals surface area contributed by atoms with Crippen LogP contribution < -0.4 is 4.89 Å². The maximum Gasteiger partial charge on any atom is 0.306 e. The zero-order valence-electron chi connectivity index (χ0n) is 60.9. The molecular weight excluding hydrogens is 1130 g/mol. The van der Waals surface area contributed by atoms with E-state index < -0.39 is 26.5 Å². The number of hydrogen-bond acceptors (Lipinski definition) is 8. The molecule has 9 nitrogen and oxygen atoms in total. The van der Waals surface area contributed by atoms with Crippen LogP contribution in [0.5, 0.6) is 0 Å². The van der Waals surface area contributed by atoms with Crippen LogP contribution in [0, 0.1) is 0 Å². The average molecular weight is 1290 g/mol. The SMILES string of the molecule is CCCCCCC/C=C\C/C=C\C/C=C\CCCCCCCCCCCCCCCCCCCCC(=O)OC(COC(=O)CCCCCCCCCCCCCCCCCCCCCCCCCCCCCCCCCCC)COP(=O)([O-])OCC[N+](C)(C)C. The number of ether oxygens (including phenoxy) is 2. The summed E-state index contributed by atoms with van der Waals surface area (Å²) in [6.07, 6.45) is 92.7. The van der Waals surface area contributed by atoms with Crippen molar-refractivity contribution in [2.75, 3.05) is 47.5 Å². The molecule has 0 fully saturated rings. The molecule has 0 bridgehead atoms. The van der Waals surface area contributed by atoms with Crippen molar-refractivity contribution in [2.24, 2.45) is 0 Å². The van der Waals surface area contributed by atoms with Gasteiger partial charge in [-0.1, -0.05) is 384 Å². The topological polar surface area (TPSA) is 111 Å². The van der Waals surface area contributed by atoms with Crippen LogP contribution in [0.3, 0.4) is 0 Å². The largest absolute Gasteiger partial charge is 0.756 e. The van der Waals surface area contributed by atoms with E-state index in [2.05, 4.69) is 50.3 Å². The predicted octanol–water partition coefficient (Wildman–Crippen LogP) is 25.5. The van der Waals surface area contributed by atoms with Crippen molar-refractivity contribution in [1.82, 2.24) is 0 Å². The van der Waals surface area contributed by atoms with Crippen molar-refractivity contribution in [3.05, 3.63) is 36.5 Å². The van der Waals surface area contributed by atoms with Gasteiger partial charge in [0.2, 0.25) is 0 Å². The number of carbonyl (C=O) groups excluding carboxylic acids is 2. The van der Waals surface area contributed by atoms with Crippen molar-refractivity contribution in [3.8, 4) is 0 Å². The molecular formula is C80H154NO8P. The molecule has 90 heavy (non-hydrogen) atoms. The fourth-order valence-corrected chi connectivity index (χ4v) is 12.8. The molecule has 0 aromatic heterocycles. The first-order valence-corrected chi connectivity index (χ1v) is 41.2. The molecule has 2 atom stereocenters. The second-order valence-electron chi connectivity index (χ2n) is 28.4. The molecule has 0 saturated heterocycles. The maximum absolute atomic E-state index is 12.9. The summed E-state index contributed by atoms with van der Waals surface area (Å²) in [6, 6.07) is 0. The summed E-state index contributed by atoms with van der Waals surface area (Å²) in [7, 11) is 1.19. The van der Waals surface area contributed by atoms with Gasteiger partial charge in [-0.15, -0.1) is 0 Å².